The van der Waals surface area contributed by atoms with Crippen LogP contribution in [-0.2, 0) is 0 Å². The van der Waals surface area contributed by atoms with Crippen LogP contribution in [0.5, 0.6) is 11.5 Å². The minimum Gasteiger partial charge on any atom is -0.497 e. The molecule has 0 bridgehead atoms. The summed E-state index contributed by atoms with van der Waals surface area (Å²) in [7, 11) is 3.05. The van der Waals surface area contributed by atoms with Crippen LogP contribution in [0.15, 0.2) is 18.2 Å². The zero-order valence-electron chi connectivity index (χ0n) is 8.53. The van der Waals surface area contributed by atoms with Crippen molar-refractivity contribution in [2.45, 2.75) is 0 Å². The van der Waals surface area contributed by atoms with Crippen LogP contribution in [-0.4, -0.2) is 20.3 Å². The number of carbonyl (C=O) groups excluding carboxylic acids is 1. The van der Waals surface area contributed by atoms with Crippen LogP contribution in [0.3, 0.4) is 0 Å². The second-order valence-electron chi connectivity index (χ2n) is 2.66. The average Bonchev–Trinajstić information content (AvgIpc) is 2.29. The number of hydrogen-bond acceptors (Lipinski definition) is 4. The molecule has 0 aliphatic heterocycles. The number of methoxy groups -OCH3 is 2. The Morgan fingerprint density at radius 3 is 2.60 bits per heavy atom. The smallest absolute Gasteiger partial charge is 0.333 e. The van der Waals surface area contributed by atoms with Gasteiger partial charge in [0.15, 0.2) is 0 Å². The van der Waals surface area contributed by atoms with Gasteiger partial charge in [-0.25, -0.2) is 10.6 Å². The number of nitrogens with one attached hydrogen (secondary N) is 2. The number of urea groups is 1. The molecular weight excluding hydrogens is 198 g/mol. The summed E-state index contributed by atoms with van der Waals surface area (Å²) in [6, 6.07) is 4.51. The van der Waals surface area contributed by atoms with Crippen molar-refractivity contribution in [1.29, 1.82) is 0 Å². The molecule has 82 valence electrons. The van der Waals surface area contributed by atoms with Crippen molar-refractivity contribution in [3.8, 4) is 11.5 Å². The summed E-state index contributed by atoms with van der Waals surface area (Å²) < 4.78 is 10.1. The molecule has 0 heterocycles. The number of nitrogens with two attached hydrogens (primary N) is 1. The van der Waals surface area contributed by atoms with Crippen molar-refractivity contribution in [3.63, 3.8) is 0 Å². The molecule has 0 radical (unpaired) electrons. The van der Waals surface area contributed by atoms with E-state index < -0.39 is 6.03 Å². The predicted molar refractivity (Wildman–Crippen MR) is 55.9 cm³/mol. The number of ether oxygens (including phenoxy) is 2. The number of rotatable bonds is 3. The first-order valence-electron chi connectivity index (χ1n) is 4.21. The fraction of sp³-hybridized carbons (Fsp3) is 0.222. The molecule has 1 aromatic rings. The third kappa shape index (κ3) is 2.75. The van der Waals surface area contributed by atoms with E-state index in [9.17, 15) is 4.79 Å². The normalized spacial score (nSPS) is 9.27. The molecule has 0 saturated carbocycles. The van der Waals surface area contributed by atoms with E-state index in [1.165, 1.54) is 7.11 Å². The van der Waals surface area contributed by atoms with Gasteiger partial charge >= 0.3 is 6.03 Å². The van der Waals surface area contributed by atoms with Gasteiger partial charge in [0.1, 0.15) is 11.5 Å². The molecule has 6 heteroatoms. The van der Waals surface area contributed by atoms with E-state index in [1.807, 2.05) is 5.43 Å². The summed E-state index contributed by atoms with van der Waals surface area (Å²) in [4.78, 5) is 11.0. The number of benzene rings is 1. The first kappa shape index (κ1) is 11.1. The molecule has 0 aromatic heterocycles. The van der Waals surface area contributed by atoms with Crippen LogP contribution < -0.4 is 26.1 Å². The van der Waals surface area contributed by atoms with Crippen molar-refractivity contribution in [3.05, 3.63) is 18.2 Å². The van der Waals surface area contributed by atoms with E-state index in [4.69, 9.17) is 15.3 Å². The Morgan fingerprint density at radius 1 is 1.33 bits per heavy atom. The number of hydrogen-bond donors (Lipinski definition) is 3. The molecule has 1 aromatic carbocycles. The van der Waals surface area contributed by atoms with E-state index in [-0.39, 0.29) is 0 Å². The predicted octanol–water partition coefficient (Wildman–Crippen LogP) is 0.699. The molecule has 4 N–H and O–H groups in total. The zero-order chi connectivity index (χ0) is 11.3. The Bertz CT molecular complexity index is 354. The van der Waals surface area contributed by atoms with Gasteiger partial charge in [-0.15, -0.1) is 0 Å². The fourth-order valence-electron chi connectivity index (χ4n) is 1.06. The van der Waals surface area contributed by atoms with E-state index in [0.717, 1.165) is 0 Å². The minimum atomic E-state index is -0.515. The first-order valence-corrected chi connectivity index (χ1v) is 4.21. The van der Waals surface area contributed by atoms with E-state index in [1.54, 1.807) is 25.3 Å². The highest BCUT2D eigenvalue weighted by atomic mass is 16.5. The molecule has 6 nitrogen and oxygen atoms in total. The Morgan fingerprint density at radius 2 is 2.07 bits per heavy atom. The highest BCUT2D eigenvalue weighted by Gasteiger charge is 2.07. The third-order valence-electron chi connectivity index (χ3n) is 1.79. The van der Waals surface area contributed by atoms with Gasteiger partial charge in [-0.2, -0.15) is 0 Å². The topological polar surface area (TPSA) is 85.6 Å². The maximum Gasteiger partial charge on any atom is 0.333 e. The zero-order valence-corrected chi connectivity index (χ0v) is 8.53. The van der Waals surface area contributed by atoms with Gasteiger partial charge in [-0.05, 0) is 12.1 Å². The van der Waals surface area contributed by atoms with Crippen LogP contribution in [0, 0.1) is 0 Å². The van der Waals surface area contributed by atoms with Crippen LogP contribution in [0.25, 0.3) is 0 Å². The molecule has 0 saturated heterocycles. The lowest BCUT2D eigenvalue weighted by Gasteiger charge is -2.10. The minimum absolute atomic E-state index is 0.498. The maximum absolute atomic E-state index is 11.0. The van der Waals surface area contributed by atoms with Crippen LogP contribution in [0.1, 0.15) is 0 Å². The van der Waals surface area contributed by atoms with Gasteiger partial charge < -0.3 is 14.8 Å². The number of anilines is 1. The quantitative estimate of drug-likeness (QED) is 0.390. The lowest BCUT2D eigenvalue weighted by Crippen LogP contribution is -2.34. The Balaban J connectivity index is 2.92. The van der Waals surface area contributed by atoms with Gasteiger partial charge in [-0.3, -0.25) is 5.43 Å². The molecule has 15 heavy (non-hydrogen) atoms. The summed E-state index contributed by atoms with van der Waals surface area (Å²) >= 11 is 0. The third-order valence-corrected chi connectivity index (χ3v) is 1.79. The van der Waals surface area contributed by atoms with Crippen molar-refractivity contribution < 1.29 is 14.3 Å². The standard InChI is InChI=1S/C9H13N3O3/c1-14-6-3-4-7(8(5-6)15-2)11-9(13)12-10/h3-5H,10H2,1-2H3,(H2,11,12,13). The first-order chi connectivity index (χ1) is 7.21. The lowest BCUT2D eigenvalue weighted by molar-refractivity contribution is 0.252. The highest BCUT2D eigenvalue weighted by molar-refractivity contribution is 5.90. The van der Waals surface area contributed by atoms with Gasteiger partial charge in [0.2, 0.25) is 0 Å². The van der Waals surface area contributed by atoms with Crippen molar-refractivity contribution in [2.75, 3.05) is 19.5 Å². The SMILES string of the molecule is COc1ccc(NC(=O)NN)c(OC)c1. The van der Waals surface area contributed by atoms with Crippen molar-refractivity contribution in [1.82, 2.24) is 5.43 Å². The van der Waals surface area contributed by atoms with Crippen molar-refractivity contribution >= 4 is 11.7 Å². The molecule has 2 amide bonds. The van der Waals surface area contributed by atoms with Gasteiger partial charge in [0.05, 0.1) is 19.9 Å². The monoisotopic (exact) mass is 211 g/mol. The molecule has 0 atom stereocenters. The van der Waals surface area contributed by atoms with E-state index in [2.05, 4.69) is 5.32 Å². The molecule has 0 aliphatic carbocycles. The molecule has 0 spiro atoms. The molecule has 0 unspecified atom stereocenters. The highest BCUT2D eigenvalue weighted by Crippen LogP contribution is 2.28. The van der Waals surface area contributed by atoms with Gasteiger partial charge in [0, 0.05) is 6.07 Å². The average molecular weight is 211 g/mol. The van der Waals surface area contributed by atoms with Crippen LogP contribution >= 0.6 is 0 Å². The number of amides is 2. The molecule has 0 aliphatic rings. The van der Waals surface area contributed by atoms with E-state index >= 15 is 0 Å². The Hall–Kier alpha value is -1.95. The Labute approximate surface area is 87.3 Å². The molecule has 1 rings (SSSR count). The number of carbonyl (C=O) groups is 1. The maximum atomic E-state index is 11.0. The van der Waals surface area contributed by atoms with Gasteiger partial charge in [-0.1, -0.05) is 0 Å². The summed E-state index contributed by atoms with van der Waals surface area (Å²) in [6.45, 7) is 0. The summed E-state index contributed by atoms with van der Waals surface area (Å²) in [5, 5.41) is 2.51. The van der Waals surface area contributed by atoms with Crippen LogP contribution in [0.2, 0.25) is 0 Å². The van der Waals surface area contributed by atoms with Gasteiger partial charge in [0.25, 0.3) is 0 Å². The van der Waals surface area contributed by atoms with Crippen molar-refractivity contribution in [2.24, 2.45) is 5.84 Å². The summed E-state index contributed by atoms with van der Waals surface area (Å²) in [5.41, 5.74) is 2.47. The second kappa shape index (κ2) is 5.06. The lowest BCUT2D eigenvalue weighted by atomic mass is 10.2. The second-order valence-corrected chi connectivity index (χ2v) is 2.66. The number of hydrazine groups is 1. The fourth-order valence-corrected chi connectivity index (χ4v) is 1.06. The summed E-state index contributed by atoms with van der Waals surface area (Å²) in [5.74, 6) is 6.08. The van der Waals surface area contributed by atoms with Crippen LogP contribution in [0.4, 0.5) is 10.5 Å². The molecule has 0 fully saturated rings. The summed E-state index contributed by atoms with van der Waals surface area (Å²) in [6.07, 6.45) is 0. The Kier molecular flexibility index (Phi) is 3.75. The largest absolute Gasteiger partial charge is 0.497 e. The molecular formula is C9H13N3O3. The van der Waals surface area contributed by atoms with E-state index in [0.29, 0.717) is 17.2 Å².